The Hall–Kier alpha value is -2.15. The van der Waals surface area contributed by atoms with Gasteiger partial charge in [0.2, 0.25) is 5.91 Å². The van der Waals surface area contributed by atoms with Crippen LogP contribution in [-0.2, 0) is 4.79 Å². The van der Waals surface area contributed by atoms with Crippen LogP contribution in [0.15, 0.2) is 18.3 Å². The molecule has 1 aliphatic heterocycles. The van der Waals surface area contributed by atoms with Crippen molar-refractivity contribution >= 4 is 11.8 Å². The Labute approximate surface area is 129 Å². The van der Waals surface area contributed by atoms with E-state index in [1.165, 1.54) is 18.3 Å². The van der Waals surface area contributed by atoms with Crippen molar-refractivity contribution in [3.63, 3.8) is 0 Å². The van der Waals surface area contributed by atoms with E-state index in [0.29, 0.717) is 31.5 Å². The molecule has 4 N–H and O–H groups in total. The third-order valence-electron chi connectivity index (χ3n) is 4.17. The number of carbonyl (C=O) groups excluding carboxylic acids is 2. The molecule has 1 saturated heterocycles. The predicted octanol–water partition coefficient (Wildman–Crippen LogP) is -0.0397. The van der Waals surface area contributed by atoms with Gasteiger partial charge in [0.25, 0.3) is 5.91 Å². The Kier molecular flexibility index (Phi) is 5.32. The number of pyridine rings is 1. The fourth-order valence-electron chi connectivity index (χ4n) is 2.61. The molecule has 0 bridgehead atoms. The van der Waals surface area contributed by atoms with Crippen LogP contribution in [0.2, 0.25) is 0 Å². The van der Waals surface area contributed by atoms with Crippen LogP contribution >= 0.6 is 0 Å². The van der Waals surface area contributed by atoms with Gasteiger partial charge < -0.3 is 21.1 Å². The number of nitrogens with two attached hydrogens (primary N) is 1. The number of likely N-dealkylation sites (tertiary alicyclic amines) is 1. The van der Waals surface area contributed by atoms with E-state index < -0.39 is 5.91 Å². The zero-order chi connectivity index (χ0) is 16.1. The van der Waals surface area contributed by atoms with Crippen LogP contribution in [0.4, 0.5) is 0 Å². The highest BCUT2D eigenvalue weighted by atomic mass is 16.3. The van der Waals surface area contributed by atoms with E-state index in [9.17, 15) is 14.7 Å². The van der Waals surface area contributed by atoms with Crippen molar-refractivity contribution in [1.29, 1.82) is 0 Å². The number of hydrogen-bond acceptors (Lipinski definition) is 5. The minimum absolute atomic E-state index is 0.0811. The summed E-state index contributed by atoms with van der Waals surface area (Å²) in [7, 11) is 0. The van der Waals surface area contributed by atoms with Crippen LogP contribution in [0, 0.1) is 11.8 Å². The van der Waals surface area contributed by atoms with Crippen LogP contribution < -0.4 is 11.1 Å². The molecule has 7 heteroatoms. The summed E-state index contributed by atoms with van der Waals surface area (Å²) in [5.41, 5.74) is 5.65. The van der Waals surface area contributed by atoms with E-state index in [2.05, 4.69) is 17.2 Å². The van der Waals surface area contributed by atoms with Crippen LogP contribution in [0.1, 0.15) is 23.8 Å². The number of amides is 2. The van der Waals surface area contributed by atoms with E-state index in [1.807, 2.05) is 0 Å². The number of aromatic nitrogens is 1. The number of hydrogen-bond donors (Lipinski definition) is 3. The third kappa shape index (κ3) is 3.73. The van der Waals surface area contributed by atoms with Gasteiger partial charge in [-0.05, 0) is 36.9 Å². The predicted molar refractivity (Wildman–Crippen MR) is 81.1 cm³/mol. The van der Waals surface area contributed by atoms with Gasteiger partial charge in [0.1, 0.15) is 5.75 Å². The Bertz CT molecular complexity index is 549. The molecule has 120 valence electrons. The molecule has 0 saturated carbocycles. The van der Waals surface area contributed by atoms with E-state index in [4.69, 9.17) is 5.73 Å². The minimum Gasteiger partial charge on any atom is -0.505 e. The van der Waals surface area contributed by atoms with Gasteiger partial charge in [0.05, 0.1) is 6.54 Å². The van der Waals surface area contributed by atoms with Gasteiger partial charge in [0, 0.05) is 19.3 Å². The highest BCUT2D eigenvalue weighted by molar-refractivity contribution is 5.96. The van der Waals surface area contributed by atoms with Gasteiger partial charge in [-0.3, -0.25) is 9.59 Å². The molecule has 1 fully saturated rings. The maximum Gasteiger partial charge on any atom is 0.274 e. The van der Waals surface area contributed by atoms with Crippen molar-refractivity contribution < 1.29 is 14.7 Å². The lowest BCUT2D eigenvalue weighted by molar-refractivity contribution is -0.132. The van der Waals surface area contributed by atoms with E-state index in [0.717, 1.165) is 6.42 Å². The van der Waals surface area contributed by atoms with E-state index >= 15 is 0 Å². The lowest BCUT2D eigenvalue weighted by atomic mass is 9.87. The van der Waals surface area contributed by atoms with Crippen LogP contribution in [0.5, 0.6) is 5.75 Å². The molecule has 1 aromatic rings. The molecule has 2 amide bonds. The zero-order valence-corrected chi connectivity index (χ0v) is 12.7. The molecule has 2 heterocycles. The second kappa shape index (κ2) is 7.22. The Balaban J connectivity index is 1.88. The molecule has 0 aromatic carbocycles. The van der Waals surface area contributed by atoms with Gasteiger partial charge in [-0.2, -0.15) is 0 Å². The van der Waals surface area contributed by atoms with E-state index in [1.54, 1.807) is 4.90 Å². The normalized spacial score (nSPS) is 21.5. The monoisotopic (exact) mass is 306 g/mol. The number of piperidine rings is 1. The summed E-state index contributed by atoms with van der Waals surface area (Å²) in [4.78, 5) is 29.6. The topological polar surface area (TPSA) is 109 Å². The summed E-state index contributed by atoms with van der Waals surface area (Å²) in [6.45, 7) is 3.90. The first kappa shape index (κ1) is 16.2. The molecular weight excluding hydrogens is 284 g/mol. The molecule has 2 unspecified atom stereocenters. The summed E-state index contributed by atoms with van der Waals surface area (Å²) in [6.07, 6.45) is 2.33. The first-order chi connectivity index (χ1) is 10.5. The Morgan fingerprint density at radius 1 is 1.55 bits per heavy atom. The standard InChI is InChI=1S/C15H22N4O3/c1-10-4-6-19(9-11(10)7-16)13(21)8-18-15(22)14-12(20)3-2-5-17-14/h2-3,5,10-11,20H,4,6-9,16H2,1H3,(H,18,22). The average Bonchev–Trinajstić information content (AvgIpc) is 2.53. The molecule has 1 aromatic heterocycles. The fourth-order valence-corrected chi connectivity index (χ4v) is 2.61. The molecule has 0 spiro atoms. The smallest absolute Gasteiger partial charge is 0.274 e. The van der Waals surface area contributed by atoms with Crippen molar-refractivity contribution in [2.75, 3.05) is 26.2 Å². The van der Waals surface area contributed by atoms with Crippen molar-refractivity contribution in [3.8, 4) is 5.75 Å². The van der Waals surface area contributed by atoms with Crippen LogP contribution in [0.3, 0.4) is 0 Å². The van der Waals surface area contributed by atoms with Gasteiger partial charge in [-0.15, -0.1) is 0 Å². The second-order valence-electron chi connectivity index (χ2n) is 5.66. The van der Waals surface area contributed by atoms with Crippen molar-refractivity contribution in [1.82, 2.24) is 15.2 Å². The minimum atomic E-state index is -0.563. The Morgan fingerprint density at radius 2 is 2.32 bits per heavy atom. The molecule has 2 rings (SSSR count). The summed E-state index contributed by atoms with van der Waals surface area (Å²) in [5, 5.41) is 12.1. The summed E-state index contributed by atoms with van der Waals surface area (Å²) >= 11 is 0. The fraction of sp³-hybridized carbons (Fsp3) is 0.533. The number of rotatable bonds is 4. The first-order valence-electron chi connectivity index (χ1n) is 7.43. The van der Waals surface area contributed by atoms with E-state index in [-0.39, 0.29) is 23.9 Å². The Morgan fingerprint density at radius 3 is 3.00 bits per heavy atom. The largest absolute Gasteiger partial charge is 0.505 e. The van der Waals surface area contributed by atoms with Crippen molar-refractivity contribution in [3.05, 3.63) is 24.0 Å². The number of nitrogens with one attached hydrogen (secondary N) is 1. The van der Waals surface area contributed by atoms with Gasteiger partial charge in [-0.25, -0.2) is 4.98 Å². The summed E-state index contributed by atoms with van der Waals surface area (Å²) in [6, 6.07) is 2.90. The van der Waals surface area contributed by atoms with Gasteiger partial charge in [0.15, 0.2) is 5.69 Å². The second-order valence-corrected chi connectivity index (χ2v) is 5.66. The number of carbonyl (C=O) groups is 2. The first-order valence-corrected chi connectivity index (χ1v) is 7.43. The molecule has 2 atom stereocenters. The highest BCUT2D eigenvalue weighted by Crippen LogP contribution is 2.22. The van der Waals surface area contributed by atoms with Gasteiger partial charge >= 0.3 is 0 Å². The summed E-state index contributed by atoms with van der Waals surface area (Å²) in [5.74, 6) is -0.105. The molecule has 22 heavy (non-hydrogen) atoms. The van der Waals surface area contributed by atoms with Crippen molar-refractivity contribution in [2.45, 2.75) is 13.3 Å². The number of nitrogens with zero attached hydrogens (tertiary/aromatic N) is 2. The molecule has 0 aliphatic carbocycles. The molecule has 1 aliphatic rings. The highest BCUT2D eigenvalue weighted by Gasteiger charge is 2.28. The number of aromatic hydroxyl groups is 1. The van der Waals surface area contributed by atoms with Crippen molar-refractivity contribution in [2.24, 2.45) is 17.6 Å². The van der Waals surface area contributed by atoms with Gasteiger partial charge in [-0.1, -0.05) is 6.92 Å². The molecular formula is C15H22N4O3. The lowest BCUT2D eigenvalue weighted by Gasteiger charge is -2.36. The third-order valence-corrected chi connectivity index (χ3v) is 4.17. The zero-order valence-electron chi connectivity index (χ0n) is 12.7. The maximum atomic E-state index is 12.2. The molecule has 0 radical (unpaired) electrons. The molecule has 7 nitrogen and oxygen atoms in total. The van der Waals surface area contributed by atoms with Crippen LogP contribution in [-0.4, -0.2) is 53.0 Å². The summed E-state index contributed by atoms with van der Waals surface area (Å²) < 4.78 is 0. The SMILES string of the molecule is CC1CCN(C(=O)CNC(=O)c2ncccc2O)CC1CN. The lowest BCUT2D eigenvalue weighted by Crippen LogP contribution is -2.48. The quantitative estimate of drug-likeness (QED) is 0.723. The maximum absolute atomic E-state index is 12.2. The average molecular weight is 306 g/mol. The van der Waals surface area contributed by atoms with Crippen LogP contribution in [0.25, 0.3) is 0 Å².